The summed E-state index contributed by atoms with van der Waals surface area (Å²) in [4.78, 5) is 24.7. The molecule has 0 bridgehead atoms. The lowest BCUT2D eigenvalue weighted by molar-refractivity contribution is 0.0695. The summed E-state index contributed by atoms with van der Waals surface area (Å²) in [5, 5.41) is 8.76. The molecule has 2 rings (SSSR count). The molecule has 0 saturated carbocycles. The van der Waals surface area contributed by atoms with Gasteiger partial charge >= 0.3 is 5.97 Å². The smallest absolute Gasteiger partial charge is 0.341 e. The van der Waals surface area contributed by atoms with Crippen LogP contribution in [-0.4, -0.2) is 23.2 Å². The van der Waals surface area contributed by atoms with Crippen molar-refractivity contribution in [2.75, 3.05) is 7.11 Å². The summed E-state index contributed by atoms with van der Waals surface area (Å²) < 4.78 is 5.05. The van der Waals surface area contributed by atoms with Gasteiger partial charge in [0.2, 0.25) is 0 Å². The van der Waals surface area contributed by atoms with Gasteiger partial charge in [-0.25, -0.2) is 4.79 Å². The van der Waals surface area contributed by atoms with Crippen LogP contribution in [0.3, 0.4) is 0 Å². The standard InChI is InChI=1S/C17H13NO4/c1-22-14-9-6-12(7-10-14)4-2-3-5-13-8-11-15(17(20)21)16(19)18-13/h3,5-11H,1H3,(H,18,19)(H,20,21)/b5-3+. The van der Waals surface area contributed by atoms with Gasteiger partial charge in [-0.3, -0.25) is 4.79 Å². The number of carboxylic acid groups (broad SMARTS) is 1. The Labute approximate surface area is 126 Å². The first-order chi connectivity index (χ1) is 10.6. The van der Waals surface area contributed by atoms with Crippen LogP contribution in [0.1, 0.15) is 21.6 Å². The minimum Gasteiger partial charge on any atom is -0.497 e. The Balaban J connectivity index is 2.09. The largest absolute Gasteiger partial charge is 0.497 e. The van der Waals surface area contributed by atoms with Gasteiger partial charge in [0.25, 0.3) is 5.56 Å². The topological polar surface area (TPSA) is 79.4 Å². The lowest BCUT2D eigenvalue weighted by Crippen LogP contribution is -2.17. The molecule has 5 nitrogen and oxygen atoms in total. The SMILES string of the molecule is COc1ccc(C#C/C=C/c2ccc(C(=O)O)c(=O)[nH]2)cc1. The molecule has 110 valence electrons. The molecule has 5 heteroatoms. The van der Waals surface area contributed by atoms with E-state index in [2.05, 4.69) is 16.8 Å². The van der Waals surface area contributed by atoms with E-state index in [0.29, 0.717) is 5.69 Å². The minimum absolute atomic E-state index is 0.290. The summed E-state index contributed by atoms with van der Waals surface area (Å²) in [7, 11) is 1.60. The van der Waals surface area contributed by atoms with E-state index in [9.17, 15) is 9.59 Å². The van der Waals surface area contributed by atoms with Gasteiger partial charge in [-0.05, 0) is 48.6 Å². The van der Waals surface area contributed by atoms with Crippen LogP contribution in [0.5, 0.6) is 5.75 Å². The number of nitrogens with one attached hydrogen (secondary N) is 1. The highest BCUT2D eigenvalue weighted by Gasteiger charge is 2.06. The zero-order valence-electron chi connectivity index (χ0n) is 11.8. The third kappa shape index (κ3) is 3.87. The fourth-order valence-electron chi connectivity index (χ4n) is 1.69. The highest BCUT2D eigenvalue weighted by Crippen LogP contribution is 2.10. The predicted octanol–water partition coefficient (Wildman–Crippen LogP) is 2.15. The lowest BCUT2D eigenvalue weighted by Gasteiger charge is -1.97. The van der Waals surface area contributed by atoms with Gasteiger partial charge in [-0.1, -0.05) is 11.8 Å². The third-order valence-corrected chi connectivity index (χ3v) is 2.82. The van der Waals surface area contributed by atoms with Gasteiger partial charge in [-0.15, -0.1) is 0 Å². The normalized spacial score (nSPS) is 10.0. The number of hydrogen-bond acceptors (Lipinski definition) is 3. The summed E-state index contributed by atoms with van der Waals surface area (Å²) in [6, 6.07) is 10.1. The van der Waals surface area contributed by atoms with Crippen molar-refractivity contribution in [2.24, 2.45) is 0 Å². The molecule has 1 aromatic carbocycles. The minimum atomic E-state index is -1.25. The van der Waals surface area contributed by atoms with Crippen LogP contribution >= 0.6 is 0 Å². The highest BCUT2D eigenvalue weighted by molar-refractivity contribution is 5.87. The number of H-pyrrole nitrogens is 1. The van der Waals surface area contributed by atoms with E-state index >= 15 is 0 Å². The lowest BCUT2D eigenvalue weighted by atomic mass is 10.2. The molecule has 0 amide bonds. The second-order valence-electron chi connectivity index (χ2n) is 4.29. The van der Waals surface area contributed by atoms with Crippen molar-refractivity contribution in [1.29, 1.82) is 0 Å². The van der Waals surface area contributed by atoms with Gasteiger partial charge in [0.1, 0.15) is 11.3 Å². The summed E-state index contributed by atoms with van der Waals surface area (Å²) in [6.45, 7) is 0. The number of ether oxygens (including phenoxy) is 1. The first-order valence-electron chi connectivity index (χ1n) is 6.39. The maximum atomic E-state index is 11.5. The van der Waals surface area contributed by atoms with E-state index in [4.69, 9.17) is 9.84 Å². The summed E-state index contributed by atoms with van der Waals surface area (Å²) in [6.07, 6.45) is 3.18. The molecule has 0 atom stereocenters. The second-order valence-corrected chi connectivity index (χ2v) is 4.29. The zero-order valence-corrected chi connectivity index (χ0v) is 11.8. The molecular formula is C17H13NO4. The first-order valence-corrected chi connectivity index (χ1v) is 6.39. The average Bonchev–Trinajstić information content (AvgIpc) is 2.52. The van der Waals surface area contributed by atoms with Crippen LogP contribution in [0, 0.1) is 11.8 Å². The number of aromatic amines is 1. The van der Waals surface area contributed by atoms with E-state index in [1.165, 1.54) is 12.1 Å². The fourth-order valence-corrected chi connectivity index (χ4v) is 1.69. The molecule has 0 saturated heterocycles. The summed E-state index contributed by atoms with van der Waals surface area (Å²) in [5.74, 6) is 5.27. The fraction of sp³-hybridized carbons (Fsp3) is 0.0588. The second kappa shape index (κ2) is 6.95. The maximum Gasteiger partial charge on any atom is 0.341 e. The average molecular weight is 295 g/mol. The third-order valence-electron chi connectivity index (χ3n) is 2.82. The van der Waals surface area contributed by atoms with Gasteiger partial charge in [0.05, 0.1) is 7.11 Å². The number of pyridine rings is 1. The van der Waals surface area contributed by atoms with E-state index in [1.54, 1.807) is 19.3 Å². The maximum absolute atomic E-state index is 11.5. The van der Waals surface area contributed by atoms with E-state index in [0.717, 1.165) is 11.3 Å². The highest BCUT2D eigenvalue weighted by atomic mass is 16.5. The Morgan fingerprint density at radius 3 is 2.55 bits per heavy atom. The number of aromatic nitrogens is 1. The predicted molar refractivity (Wildman–Crippen MR) is 82.9 cm³/mol. The Hall–Kier alpha value is -3.26. The van der Waals surface area contributed by atoms with Crippen LogP contribution in [0.4, 0.5) is 0 Å². The number of carbonyl (C=O) groups is 1. The Morgan fingerprint density at radius 1 is 1.23 bits per heavy atom. The van der Waals surface area contributed by atoms with Crippen molar-refractivity contribution >= 4 is 12.0 Å². The quantitative estimate of drug-likeness (QED) is 0.850. The Bertz CT molecular complexity index is 820. The summed E-state index contributed by atoms with van der Waals surface area (Å²) >= 11 is 0. The molecule has 0 radical (unpaired) electrons. The molecule has 2 N–H and O–H groups in total. The first kappa shape index (κ1) is 15.1. The molecule has 1 heterocycles. The molecule has 1 aromatic heterocycles. The number of aromatic carboxylic acids is 1. The van der Waals surface area contributed by atoms with E-state index in [-0.39, 0.29) is 5.56 Å². The molecule has 0 aliphatic heterocycles. The van der Waals surface area contributed by atoms with Crippen molar-refractivity contribution < 1.29 is 14.6 Å². The van der Waals surface area contributed by atoms with Gasteiger partial charge in [0.15, 0.2) is 0 Å². The van der Waals surface area contributed by atoms with Crippen molar-refractivity contribution in [1.82, 2.24) is 4.98 Å². The molecule has 0 aliphatic carbocycles. The molecule has 0 aliphatic rings. The number of allylic oxidation sites excluding steroid dienone is 1. The number of carboxylic acids is 1. The molecule has 22 heavy (non-hydrogen) atoms. The van der Waals surface area contributed by atoms with Crippen LogP contribution < -0.4 is 10.3 Å². The van der Waals surface area contributed by atoms with E-state index < -0.39 is 11.5 Å². The van der Waals surface area contributed by atoms with Gasteiger partial charge in [0, 0.05) is 11.3 Å². The van der Waals surface area contributed by atoms with Gasteiger partial charge in [-0.2, -0.15) is 0 Å². The number of benzene rings is 1. The number of hydrogen-bond donors (Lipinski definition) is 2. The number of methoxy groups -OCH3 is 1. The molecule has 0 spiro atoms. The van der Waals surface area contributed by atoms with Crippen LogP contribution in [0.15, 0.2) is 47.3 Å². The van der Waals surface area contributed by atoms with Crippen molar-refractivity contribution in [2.45, 2.75) is 0 Å². The van der Waals surface area contributed by atoms with Gasteiger partial charge < -0.3 is 14.8 Å². The molecule has 2 aromatic rings. The van der Waals surface area contributed by atoms with Crippen LogP contribution in [0.25, 0.3) is 6.08 Å². The van der Waals surface area contributed by atoms with Crippen molar-refractivity contribution in [3.8, 4) is 17.6 Å². The van der Waals surface area contributed by atoms with Crippen LogP contribution in [0.2, 0.25) is 0 Å². The molecule has 0 unspecified atom stereocenters. The molecule has 0 fully saturated rings. The Kier molecular flexibility index (Phi) is 4.78. The van der Waals surface area contributed by atoms with E-state index in [1.807, 2.05) is 24.3 Å². The zero-order chi connectivity index (χ0) is 15.9. The monoisotopic (exact) mass is 295 g/mol. The molecular weight excluding hydrogens is 282 g/mol. The Morgan fingerprint density at radius 2 is 1.95 bits per heavy atom. The van der Waals surface area contributed by atoms with Crippen molar-refractivity contribution in [3.05, 3.63) is 69.6 Å². The number of rotatable bonds is 3. The summed E-state index contributed by atoms with van der Waals surface area (Å²) in [5.41, 5.74) is 0.387. The van der Waals surface area contributed by atoms with Crippen molar-refractivity contribution in [3.63, 3.8) is 0 Å². The van der Waals surface area contributed by atoms with Crippen LogP contribution in [-0.2, 0) is 0 Å².